The van der Waals surface area contributed by atoms with E-state index in [1.165, 1.54) is 12.1 Å². The number of aromatic hydroxyl groups is 1. The third kappa shape index (κ3) is 3.07. The highest BCUT2D eigenvalue weighted by molar-refractivity contribution is 5.57. The van der Waals surface area contributed by atoms with Gasteiger partial charge in [-0.05, 0) is 12.1 Å². The molecule has 1 rings (SSSR count). The van der Waals surface area contributed by atoms with Crippen molar-refractivity contribution in [1.82, 2.24) is 0 Å². The number of nitro benzene ring substituents is 1. The van der Waals surface area contributed by atoms with Crippen molar-refractivity contribution >= 4 is 11.4 Å². The third-order valence-electron chi connectivity index (χ3n) is 1.92. The number of nitro groups is 1. The Balaban J connectivity index is 2.75. The molecule has 0 aliphatic rings. The van der Waals surface area contributed by atoms with Crippen molar-refractivity contribution < 1.29 is 20.2 Å². The molecule has 0 saturated heterocycles. The van der Waals surface area contributed by atoms with Crippen LogP contribution in [0.15, 0.2) is 18.2 Å². The molecule has 88 valence electrons. The lowest BCUT2D eigenvalue weighted by Crippen LogP contribution is -2.22. The Kier molecular flexibility index (Phi) is 4.03. The van der Waals surface area contributed by atoms with Gasteiger partial charge in [-0.3, -0.25) is 10.1 Å². The molecule has 0 bridgehead atoms. The maximum atomic E-state index is 10.5. The number of hydrogen-bond acceptors (Lipinski definition) is 6. The highest BCUT2D eigenvalue weighted by Gasteiger charge is 2.13. The number of anilines is 1. The van der Waals surface area contributed by atoms with E-state index in [1.807, 2.05) is 0 Å². The van der Waals surface area contributed by atoms with Gasteiger partial charge in [-0.25, -0.2) is 0 Å². The quantitative estimate of drug-likeness (QED) is 0.322. The first-order valence-electron chi connectivity index (χ1n) is 4.54. The average molecular weight is 228 g/mol. The lowest BCUT2D eigenvalue weighted by molar-refractivity contribution is -0.385. The molecule has 0 saturated carbocycles. The van der Waals surface area contributed by atoms with E-state index in [4.69, 9.17) is 10.2 Å². The fourth-order valence-corrected chi connectivity index (χ4v) is 1.08. The van der Waals surface area contributed by atoms with E-state index in [9.17, 15) is 15.2 Å². The molecular formula is C9H12N2O5. The molecule has 0 amide bonds. The molecular weight excluding hydrogens is 216 g/mol. The van der Waals surface area contributed by atoms with E-state index in [1.54, 1.807) is 0 Å². The maximum Gasteiger partial charge on any atom is 0.312 e. The summed E-state index contributed by atoms with van der Waals surface area (Å²) < 4.78 is 0. The van der Waals surface area contributed by atoms with Gasteiger partial charge in [-0.2, -0.15) is 0 Å². The van der Waals surface area contributed by atoms with Gasteiger partial charge in [-0.15, -0.1) is 0 Å². The number of nitrogens with zero attached hydrogens (tertiary/aromatic N) is 1. The van der Waals surface area contributed by atoms with Crippen molar-refractivity contribution in [3.8, 4) is 5.75 Å². The van der Waals surface area contributed by atoms with Crippen molar-refractivity contribution in [1.29, 1.82) is 0 Å². The smallest absolute Gasteiger partial charge is 0.312 e. The van der Waals surface area contributed by atoms with E-state index in [0.29, 0.717) is 5.69 Å². The highest BCUT2D eigenvalue weighted by Crippen LogP contribution is 2.28. The van der Waals surface area contributed by atoms with Crippen molar-refractivity contribution in [2.75, 3.05) is 18.5 Å². The van der Waals surface area contributed by atoms with Crippen molar-refractivity contribution in [3.63, 3.8) is 0 Å². The monoisotopic (exact) mass is 228 g/mol. The zero-order chi connectivity index (χ0) is 12.1. The molecule has 0 radical (unpaired) electrons. The Morgan fingerprint density at radius 1 is 1.50 bits per heavy atom. The van der Waals surface area contributed by atoms with E-state index < -0.39 is 29.1 Å². The third-order valence-corrected chi connectivity index (χ3v) is 1.92. The molecule has 1 atom stereocenters. The topological polar surface area (TPSA) is 116 Å². The van der Waals surface area contributed by atoms with Crippen LogP contribution in [-0.4, -0.2) is 39.5 Å². The summed E-state index contributed by atoms with van der Waals surface area (Å²) in [4.78, 5) is 9.79. The van der Waals surface area contributed by atoms with Gasteiger partial charge in [0.25, 0.3) is 0 Å². The maximum absolute atomic E-state index is 10.5. The number of aliphatic hydroxyl groups excluding tert-OH is 2. The summed E-state index contributed by atoms with van der Waals surface area (Å²) in [6.07, 6.45) is -0.937. The number of rotatable bonds is 5. The highest BCUT2D eigenvalue weighted by atomic mass is 16.6. The number of aliphatic hydroxyl groups is 2. The van der Waals surface area contributed by atoms with Crippen LogP contribution in [-0.2, 0) is 0 Å². The summed E-state index contributed by atoms with van der Waals surface area (Å²) in [7, 11) is 0. The van der Waals surface area contributed by atoms with Gasteiger partial charge in [0, 0.05) is 18.3 Å². The molecule has 7 heteroatoms. The van der Waals surface area contributed by atoms with Crippen LogP contribution in [0.4, 0.5) is 11.4 Å². The van der Waals surface area contributed by atoms with Crippen molar-refractivity contribution in [3.05, 3.63) is 28.3 Å². The van der Waals surface area contributed by atoms with E-state index in [-0.39, 0.29) is 6.54 Å². The van der Waals surface area contributed by atoms with Crippen LogP contribution in [0.5, 0.6) is 5.75 Å². The molecule has 1 aromatic carbocycles. The Morgan fingerprint density at radius 2 is 2.19 bits per heavy atom. The SMILES string of the molecule is O=[N+]([O-])c1cc(NCC(O)CO)ccc1O. The number of hydrogen-bond donors (Lipinski definition) is 4. The number of nitrogens with one attached hydrogen (secondary N) is 1. The largest absolute Gasteiger partial charge is 0.502 e. The second-order valence-corrected chi connectivity index (χ2v) is 3.18. The summed E-state index contributed by atoms with van der Waals surface area (Å²) in [6.45, 7) is -0.328. The van der Waals surface area contributed by atoms with Crippen LogP contribution >= 0.6 is 0 Å². The average Bonchev–Trinajstić information content (AvgIpc) is 2.27. The predicted molar refractivity (Wildman–Crippen MR) is 56.3 cm³/mol. The van der Waals surface area contributed by atoms with E-state index in [2.05, 4.69) is 5.32 Å². The van der Waals surface area contributed by atoms with Crippen molar-refractivity contribution in [2.45, 2.75) is 6.10 Å². The summed E-state index contributed by atoms with van der Waals surface area (Å²) >= 11 is 0. The van der Waals surface area contributed by atoms with Gasteiger partial charge < -0.3 is 20.6 Å². The Hall–Kier alpha value is -1.86. The molecule has 0 fully saturated rings. The minimum Gasteiger partial charge on any atom is -0.502 e. The Labute approximate surface area is 91.1 Å². The van der Waals surface area contributed by atoms with Crippen LogP contribution in [0, 0.1) is 10.1 Å². The zero-order valence-corrected chi connectivity index (χ0v) is 8.33. The minimum atomic E-state index is -0.937. The van der Waals surface area contributed by atoms with Crippen molar-refractivity contribution in [2.24, 2.45) is 0 Å². The van der Waals surface area contributed by atoms with Crippen LogP contribution in [0.25, 0.3) is 0 Å². The Bertz CT molecular complexity index is 382. The molecule has 1 unspecified atom stereocenters. The molecule has 0 heterocycles. The molecule has 0 spiro atoms. The van der Waals surface area contributed by atoms with Crippen LogP contribution < -0.4 is 5.32 Å². The summed E-state index contributed by atoms with van der Waals surface area (Å²) in [5, 5.41) is 40.0. The van der Waals surface area contributed by atoms with Gasteiger partial charge in [0.15, 0.2) is 5.75 Å². The fourth-order valence-electron chi connectivity index (χ4n) is 1.08. The fraction of sp³-hybridized carbons (Fsp3) is 0.333. The molecule has 7 nitrogen and oxygen atoms in total. The number of phenols is 1. The lowest BCUT2D eigenvalue weighted by atomic mass is 10.2. The predicted octanol–water partition coefficient (Wildman–Crippen LogP) is 0.0655. The summed E-state index contributed by atoms with van der Waals surface area (Å²) in [5.41, 5.74) is -0.0273. The second-order valence-electron chi connectivity index (χ2n) is 3.18. The van der Waals surface area contributed by atoms with Gasteiger partial charge in [0.05, 0.1) is 17.6 Å². The Morgan fingerprint density at radius 3 is 2.75 bits per heavy atom. The van der Waals surface area contributed by atoms with Crippen LogP contribution in [0.3, 0.4) is 0 Å². The first-order valence-corrected chi connectivity index (χ1v) is 4.54. The number of benzene rings is 1. The molecule has 16 heavy (non-hydrogen) atoms. The molecule has 0 aliphatic heterocycles. The normalized spacial score (nSPS) is 12.1. The van der Waals surface area contributed by atoms with Crippen LogP contribution in [0.2, 0.25) is 0 Å². The summed E-state index contributed by atoms with van der Waals surface area (Å²) in [5.74, 6) is -0.418. The van der Waals surface area contributed by atoms with Crippen LogP contribution in [0.1, 0.15) is 0 Å². The molecule has 1 aromatic rings. The van der Waals surface area contributed by atoms with E-state index >= 15 is 0 Å². The second kappa shape index (κ2) is 5.29. The molecule has 4 N–H and O–H groups in total. The standard InChI is InChI=1S/C9H12N2O5/c12-5-7(13)4-10-6-1-2-9(14)8(3-6)11(15)16/h1-3,7,10,12-14H,4-5H2. The van der Waals surface area contributed by atoms with Gasteiger partial charge in [-0.1, -0.05) is 0 Å². The van der Waals surface area contributed by atoms with Gasteiger partial charge >= 0.3 is 5.69 Å². The molecule has 0 aromatic heterocycles. The minimum absolute atomic E-state index is 0.0679. The lowest BCUT2D eigenvalue weighted by Gasteiger charge is -2.10. The summed E-state index contributed by atoms with van der Waals surface area (Å²) in [6, 6.07) is 3.78. The first-order chi connectivity index (χ1) is 7.54. The van der Waals surface area contributed by atoms with Gasteiger partial charge in [0.2, 0.25) is 0 Å². The molecule has 0 aliphatic carbocycles. The van der Waals surface area contributed by atoms with Gasteiger partial charge in [0.1, 0.15) is 0 Å². The first kappa shape index (κ1) is 12.2. The number of phenolic OH excluding ortho intramolecular Hbond substituents is 1. The van der Waals surface area contributed by atoms with E-state index in [0.717, 1.165) is 6.07 Å². The zero-order valence-electron chi connectivity index (χ0n) is 8.33.